The van der Waals surface area contributed by atoms with Crippen LogP contribution in [0.15, 0.2) is 18.3 Å². The molecule has 0 fully saturated rings. The lowest BCUT2D eigenvalue weighted by Crippen LogP contribution is -2.19. The zero-order valence-electron chi connectivity index (χ0n) is 8.67. The molecule has 1 aromatic rings. The Hall–Kier alpha value is -0.890. The maximum Gasteiger partial charge on any atom is 0.0372 e. The van der Waals surface area contributed by atoms with Gasteiger partial charge in [-0.25, -0.2) is 0 Å². The standard InChI is InChI=1S/C11H18N2/c1-4-7-12-10(3)11-6-5-9(2)13-8-11/h5-6,8,10,12H,4,7H2,1-3H3. The molecule has 13 heavy (non-hydrogen) atoms. The van der Waals surface area contributed by atoms with Crippen molar-refractivity contribution in [2.45, 2.75) is 33.2 Å². The van der Waals surface area contributed by atoms with Crippen LogP contribution in [-0.2, 0) is 0 Å². The van der Waals surface area contributed by atoms with Crippen molar-refractivity contribution < 1.29 is 0 Å². The molecule has 1 aromatic heterocycles. The Balaban J connectivity index is 2.55. The minimum absolute atomic E-state index is 0.410. The van der Waals surface area contributed by atoms with Gasteiger partial charge in [0, 0.05) is 17.9 Å². The van der Waals surface area contributed by atoms with Gasteiger partial charge in [0.2, 0.25) is 0 Å². The van der Waals surface area contributed by atoms with Crippen molar-refractivity contribution in [3.63, 3.8) is 0 Å². The lowest BCUT2D eigenvalue weighted by molar-refractivity contribution is 0.569. The highest BCUT2D eigenvalue weighted by Gasteiger charge is 2.02. The molecule has 1 atom stereocenters. The van der Waals surface area contributed by atoms with Gasteiger partial charge in [-0.05, 0) is 38.4 Å². The molecule has 1 heterocycles. The van der Waals surface area contributed by atoms with Crippen LogP contribution in [-0.4, -0.2) is 11.5 Å². The molecule has 0 saturated carbocycles. The summed E-state index contributed by atoms with van der Waals surface area (Å²) in [4.78, 5) is 4.27. The zero-order valence-corrected chi connectivity index (χ0v) is 8.67. The Kier molecular flexibility index (Phi) is 3.90. The fourth-order valence-corrected chi connectivity index (χ4v) is 1.21. The van der Waals surface area contributed by atoms with Gasteiger partial charge in [-0.3, -0.25) is 4.98 Å². The van der Waals surface area contributed by atoms with E-state index in [4.69, 9.17) is 0 Å². The summed E-state index contributed by atoms with van der Waals surface area (Å²) in [6, 6.07) is 4.60. The summed E-state index contributed by atoms with van der Waals surface area (Å²) in [5.74, 6) is 0. The summed E-state index contributed by atoms with van der Waals surface area (Å²) in [7, 11) is 0. The van der Waals surface area contributed by atoms with Crippen molar-refractivity contribution in [2.24, 2.45) is 0 Å². The van der Waals surface area contributed by atoms with Crippen molar-refractivity contribution >= 4 is 0 Å². The highest BCUT2D eigenvalue weighted by molar-refractivity contribution is 5.16. The fourth-order valence-electron chi connectivity index (χ4n) is 1.21. The number of pyridine rings is 1. The molecule has 0 aliphatic heterocycles. The van der Waals surface area contributed by atoms with Crippen LogP contribution in [0.3, 0.4) is 0 Å². The van der Waals surface area contributed by atoms with E-state index in [0.29, 0.717) is 6.04 Å². The van der Waals surface area contributed by atoms with E-state index in [1.807, 2.05) is 13.1 Å². The number of rotatable bonds is 4. The fraction of sp³-hybridized carbons (Fsp3) is 0.545. The quantitative estimate of drug-likeness (QED) is 0.766. The first kappa shape index (κ1) is 10.2. The van der Waals surface area contributed by atoms with Crippen LogP contribution < -0.4 is 5.32 Å². The molecule has 0 radical (unpaired) electrons. The maximum atomic E-state index is 4.27. The largest absolute Gasteiger partial charge is 0.310 e. The topological polar surface area (TPSA) is 24.9 Å². The average Bonchev–Trinajstić information content (AvgIpc) is 2.15. The number of aryl methyl sites for hydroxylation is 1. The van der Waals surface area contributed by atoms with E-state index in [2.05, 4.69) is 36.3 Å². The normalized spacial score (nSPS) is 12.8. The second-order valence-corrected chi connectivity index (χ2v) is 3.41. The lowest BCUT2D eigenvalue weighted by atomic mass is 10.1. The number of nitrogens with one attached hydrogen (secondary N) is 1. The van der Waals surface area contributed by atoms with E-state index < -0.39 is 0 Å². The van der Waals surface area contributed by atoms with E-state index in [-0.39, 0.29) is 0 Å². The van der Waals surface area contributed by atoms with Gasteiger partial charge in [-0.2, -0.15) is 0 Å². The third-order valence-electron chi connectivity index (χ3n) is 2.13. The highest BCUT2D eigenvalue weighted by Crippen LogP contribution is 2.10. The Morgan fingerprint density at radius 3 is 2.77 bits per heavy atom. The highest BCUT2D eigenvalue weighted by atomic mass is 14.9. The van der Waals surface area contributed by atoms with E-state index in [0.717, 1.165) is 12.2 Å². The number of hydrogen-bond donors (Lipinski definition) is 1. The Labute approximate surface area is 80.4 Å². The molecule has 2 heteroatoms. The van der Waals surface area contributed by atoms with Crippen molar-refractivity contribution in [3.05, 3.63) is 29.6 Å². The molecule has 1 N–H and O–H groups in total. The molecule has 1 rings (SSSR count). The van der Waals surface area contributed by atoms with Crippen LogP contribution in [0.4, 0.5) is 0 Å². The number of aromatic nitrogens is 1. The first-order chi connectivity index (χ1) is 6.24. The molecule has 0 spiro atoms. The van der Waals surface area contributed by atoms with Crippen LogP contribution in [0.25, 0.3) is 0 Å². The van der Waals surface area contributed by atoms with Gasteiger partial charge in [0.25, 0.3) is 0 Å². The monoisotopic (exact) mass is 178 g/mol. The van der Waals surface area contributed by atoms with Gasteiger partial charge in [0.05, 0.1) is 0 Å². The first-order valence-electron chi connectivity index (χ1n) is 4.90. The molecule has 0 aliphatic carbocycles. The molecule has 1 unspecified atom stereocenters. The van der Waals surface area contributed by atoms with Crippen molar-refractivity contribution in [1.29, 1.82) is 0 Å². The van der Waals surface area contributed by atoms with Gasteiger partial charge in [-0.15, -0.1) is 0 Å². The van der Waals surface area contributed by atoms with Gasteiger partial charge in [0.15, 0.2) is 0 Å². The Morgan fingerprint density at radius 2 is 2.23 bits per heavy atom. The summed E-state index contributed by atoms with van der Waals surface area (Å²) in [6.07, 6.45) is 3.12. The van der Waals surface area contributed by atoms with Crippen LogP contribution in [0.5, 0.6) is 0 Å². The Morgan fingerprint density at radius 1 is 1.46 bits per heavy atom. The van der Waals surface area contributed by atoms with Crippen LogP contribution >= 0.6 is 0 Å². The summed E-state index contributed by atoms with van der Waals surface area (Å²) in [6.45, 7) is 7.41. The van der Waals surface area contributed by atoms with Crippen molar-refractivity contribution in [1.82, 2.24) is 10.3 Å². The summed E-state index contributed by atoms with van der Waals surface area (Å²) in [5.41, 5.74) is 2.34. The van der Waals surface area contributed by atoms with E-state index in [1.54, 1.807) is 0 Å². The average molecular weight is 178 g/mol. The van der Waals surface area contributed by atoms with Gasteiger partial charge < -0.3 is 5.32 Å². The summed E-state index contributed by atoms with van der Waals surface area (Å²) < 4.78 is 0. The number of nitrogens with zero attached hydrogens (tertiary/aromatic N) is 1. The molecular weight excluding hydrogens is 160 g/mol. The second kappa shape index (κ2) is 4.97. The molecule has 0 amide bonds. The van der Waals surface area contributed by atoms with Crippen molar-refractivity contribution in [2.75, 3.05) is 6.54 Å². The van der Waals surface area contributed by atoms with Gasteiger partial charge in [-0.1, -0.05) is 13.0 Å². The molecule has 0 aromatic carbocycles. The molecule has 2 nitrogen and oxygen atoms in total. The molecular formula is C11H18N2. The molecule has 0 bridgehead atoms. The minimum atomic E-state index is 0.410. The SMILES string of the molecule is CCCNC(C)c1ccc(C)nc1. The molecule has 0 saturated heterocycles. The summed E-state index contributed by atoms with van der Waals surface area (Å²) >= 11 is 0. The second-order valence-electron chi connectivity index (χ2n) is 3.41. The van der Waals surface area contributed by atoms with Crippen LogP contribution in [0, 0.1) is 6.92 Å². The van der Waals surface area contributed by atoms with Crippen LogP contribution in [0.2, 0.25) is 0 Å². The number of hydrogen-bond acceptors (Lipinski definition) is 2. The lowest BCUT2D eigenvalue weighted by Gasteiger charge is -2.12. The zero-order chi connectivity index (χ0) is 9.68. The van der Waals surface area contributed by atoms with Crippen molar-refractivity contribution in [3.8, 4) is 0 Å². The third-order valence-corrected chi connectivity index (χ3v) is 2.13. The van der Waals surface area contributed by atoms with Gasteiger partial charge >= 0.3 is 0 Å². The minimum Gasteiger partial charge on any atom is -0.310 e. The first-order valence-corrected chi connectivity index (χ1v) is 4.90. The third kappa shape index (κ3) is 3.15. The van der Waals surface area contributed by atoms with E-state index in [1.165, 1.54) is 12.0 Å². The smallest absolute Gasteiger partial charge is 0.0372 e. The molecule has 72 valence electrons. The van der Waals surface area contributed by atoms with Gasteiger partial charge in [0.1, 0.15) is 0 Å². The maximum absolute atomic E-state index is 4.27. The predicted octanol–water partition coefficient (Wildman–Crippen LogP) is 2.45. The van der Waals surface area contributed by atoms with E-state index >= 15 is 0 Å². The Bertz CT molecular complexity index is 241. The van der Waals surface area contributed by atoms with Crippen LogP contribution in [0.1, 0.15) is 37.6 Å². The summed E-state index contributed by atoms with van der Waals surface area (Å²) in [5, 5.41) is 3.43. The predicted molar refractivity (Wildman–Crippen MR) is 55.7 cm³/mol. The molecule has 0 aliphatic rings. The van der Waals surface area contributed by atoms with E-state index in [9.17, 15) is 0 Å².